The number of fused-ring (bicyclic) bond motifs is 2. The molecule has 0 bridgehead atoms. The van der Waals surface area contributed by atoms with Crippen LogP contribution in [0.25, 0.3) is 11.0 Å². The number of carboxylic acids is 1. The van der Waals surface area contributed by atoms with Crippen LogP contribution in [-0.4, -0.2) is 42.3 Å². The van der Waals surface area contributed by atoms with Gasteiger partial charge in [-0.3, -0.25) is 0 Å². The predicted molar refractivity (Wildman–Crippen MR) is 76.8 cm³/mol. The van der Waals surface area contributed by atoms with Gasteiger partial charge in [0.1, 0.15) is 19.0 Å². The van der Waals surface area contributed by atoms with Crippen LogP contribution in [0.2, 0.25) is 0 Å². The van der Waals surface area contributed by atoms with Crippen molar-refractivity contribution in [1.29, 1.82) is 0 Å². The van der Waals surface area contributed by atoms with Crippen molar-refractivity contribution in [2.75, 3.05) is 26.8 Å². The fraction of sp³-hybridized carbons (Fsp3) is 0.467. The average Bonchev–Trinajstić information content (AvgIpc) is 2.85. The summed E-state index contributed by atoms with van der Waals surface area (Å²) in [7, 11) is 1.99. The van der Waals surface area contributed by atoms with Gasteiger partial charge in [0, 0.05) is 31.1 Å². The highest BCUT2D eigenvalue weighted by Crippen LogP contribution is 2.34. The molecule has 0 unspecified atom stereocenters. The first-order chi connectivity index (χ1) is 10.7. The van der Waals surface area contributed by atoms with Gasteiger partial charge in [-0.1, -0.05) is 0 Å². The van der Waals surface area contributed by atoms with E-state index in [4.69, 9.17) is 9.47 Å². The molecule has 118 valence electrons. The van der Waals surface area contributed by atoms with Gasteiger partial charge in [0.15, 0.2) is 11.5 Å². The molecule has 7 nitrogen and oxygen atoms in total. The number of hydrogen-bond donors (Lipinski definition) is 1. The van der Waals surface area contributed by atoms with Crippen molar-refractivity contribution in [1.82, 2.24) is 9.55 Å². The normalized spacial score (nSPS) is 13.5. The topological polar surface area (TPSA) is 93.0 Å². The number of aliphatic carboxylic acids is 1. The van der Waals surface area contributed by atoms with E-state index in [-0.39, 0.29) is 6.42 Å². The Morgan fingerprint density at radius 1 is 1.36 bits per heavy atom. The van der Waals surface area contributed by atoms with Crippen LogP contribution >= 0.6 is 0 Å². The van der Waals surface area contributed by atoms with Gasteiger partial charge in [-0.05, 0) is 0 Å². The number of likely N-dealkylation sites (N-methyl/N-ethyl adjacent to an activating group) is 1. The Morgan fingerprint density at radius 2 is 2.09 bits per heavy atom. The number of imidazole rings is 1. The van der Waals surface area contributed by atoms with Crippen molar-refractivity contribution in [2.45, 2.75) is 19.4 Å². The van der Waals surface area contributed by atoms with Crippen molar-refractivity contribution in [2.24, 2.45) is 0 Å². The van der Waals surface area contributed by atoms with Crippen molar-refractivity contribution in [3.63, 3.8) is 0 Å². The monoisotopic (exact) mass is 305 g/mol. The molecule has 2 N–H and O–H groups in total. The summed E-state index contributed by atoms with van der Waals surface area (Å²) in [5.41, 5.74) is 1.67. The summed E-state index contributed by atoms with van der Waals surface area (Å²) in [5.74, 6) is 1.18. The second-order valence-corrected chi connectivity index (χ2v) is 5.23. The van der Waals surface area contributed by atoms with Crippen LogP contribution in [0.5, 0.6) is 11.5 Å². The standard InChI is InChI=1S/C15H19N3O4/c1-16-4-2-14-17-10-8-12-13(22-7-6-21-12)9-11(10)18(14)5-3-15(19)20/h8-9,16H,2-7H2,1H3,(H,19,20). The van der Waals surface area contributed by atoms with E-state index >= 15 is 0 Å². The fourth-order valence-corrected chi connectivity index (χ4v) is 2.63. The molecule has 0 saturated carbocycles. The van der Waals surface area contributed by atoms with Gasteiger partial charge in [0.05, 0.1) is 31.0 Å². The number of benzene rings is 1. The van der Waals surface area contributed by atoms with E-state index < -0.39 is 5.97 Å². The highest BCUT2D eigenvalue weighted by Gasteiger charge is 2.18. The summed E-state index contributed by atoms with van der Waals surface area (Å²) in [6.07, 6.45) is 0.730. The lowest BCUT2D eigenvalue weighted by Crippen LogP contribution is -2.80. The number of aryl methyl sites for hydroxylation is 1. The van der Waals surface area contributed by atoms with Crippen LogP contribution in [0.1, 0.15) is 12.2 Å². The van der Waals surface area contributed by atoms with Crippen LogP contribution in [0.3, 0.4) is 0 Å². The highest BCUT2D eigenvalue weighted by molar-refractivity contribution is 5.81. The average molecular weight is 305 g/mol. The molecule has 1 aliphatic heterocycles. The Morgan fingerprint density at radius 3 is 2.77 bits per heavy atom. The molecule has 0 atom stereocenters. The molecule has 22 heavy (non-hydrogen) atoms. The molecule has 1 aromatic heterocycles. The van der Waals surface area contributed by atoms with E-state index in [9.17, 15) is 9.90 Å². The Bertz CT molecular complexity index is 696. The summed E-state index contributed by atoms with van der Waals surface area (Å²) in [5, 5.41) is 12.9. The van der Waals surface area contributed by atoms with Gasteiger partial charge in [-0.15, -0.1) is 0 Å². The molecule has 1 aliphatic rings. The molecule has 0 fully saturated rings. The second kappa shape index (κ2) is 6.23. The van der Waals surface area contributed by atoms with Gasteiger partial charge < -0.3 is 29.3 Å². The molecule has 2 aromatic rings. The van der Waals surface area contributed by atoms with Gasteiger partial charge in [0.2, 0.25) is 0 Å². The zero-order valence-corrected chi connectivity index (χ0v) is 12.5. The minimum absolute atomic E-state index is 0.0389. The zero-order valence-electron chi connectivity index (χ0n) is 12.5. The Hall–Kier alpha value is -2.28. The van der Waals surface area contributed by atoms with E-state index in [0.717, 1.165) is 29.8 Å². The van der Waals surface area contributed by atoms with Crippen molar-refractivity contribution < 1.29 is 24.7 Å². The quantitative estimate of drug-likeness (QED) is 0.715. The number of quaternary nitrogens is 1. The number of ether oxygens (including phenoxy) is 2. The number of carbonyl (C=O) groups is 1. The van der Waals surface area contributed by atoms with Gasteiger partial charge in [-0.25, -0.2) is 4.98 Å². The highest BCUT2D eigenvalue weighted by atomic mass is 16.6. The summed E-state index contributed by atoms with van der Waals surface area (Å²) in [6.45, 7) is 2.28. The summed E-state index contributed by atoms with van der Waals surface area (Å²) in [6, 6.07) is 3.74. The van der Waals surface area contributed by atoms with Gasteiger partial charge in [0.25, 0.3) is 0 Å². The third kappa shape index (κ3) is 2.85. The number of aromatic nitrogens is 2. The van der Waals surface area contributed by atoms with E-state index in [0.29, 0.717) is 31.3 Å². The molecule has 0 amide bonds. The van der Waals surface area contributed by atoms with Crippen LogP contribution in [0, 0.1) is 0 Å². The first-order valence-corrected chi connectivity index (χ1v) is 7.45. The van der Waals surface area contributed by atoms with Gasteiger partial charge >= 0.3 is 0 Å². The predicted octanol–water partition coefficient (Wildman–Crippen LogP) is -1.32. The van der Waals surface area contributed by atoms with Crippen LogP contribution < -0.4 is 19.9 Å². The largest absolute Gasteiger partial charge is 0.550 e. The molecule has 0 spiro atoms. The number of carboxylic acid groups (broad SMARTS) is 1. The van der Waals surface area contributed by atoms with E-state index in [1.807, 2.05) is 23.7 Å². The van der Waals surface area contributed by atoms with Crippen LogP contribution in [-0.2, 0) is 17.8 Å². The fourth-order valence-electron chi connectivity index (χ4n) is 2.63. The number of nitrogens with zero attached hydrogens (tertiary/aromatic N) is 2. The van der Waals surface area contributed by atoms with Crippen LogP contribution in [0.4, 0.5) is 0 Å². The van der Waals surface area contributed by atoms with E-state index in [2.05, 4.69) is 10.3 Å². The summed E-state index contributed by atoms with van der Waals surface area (Å²) < 4.78 is 13.1. The molecular formula is C15H19N3O4. The zero-order chi connectivity index (χ0) is 15.5. The van der Waals surface area contributed by atoms with Gasteiger partial charge in [-0.2, -0.15) is 0 Å². The van der Waals surface area contributed by atoms with Crippen molar-refractivity contribution in [3.8, 4) is 11.5 Å². The van der Waals surface area contributed by atoms with Crippen molar-refractivity contribution in [3.05, 3.63) is 18.0 Å². The number of nitrogens with two attached hydrogens (primary N) is 1. The maximum Gasteiger partial charge on any atom is 0.163 e. The van der Waals surface area contributed by atoms with Crippen LogP contribution in [0.15, 0.2) is 12.1 Å². The molecule has 7 heteroatoms. The number of carbonyl (C=O) groups excluding carboxylic acids is 1. The molecule has 3 rings (SSSR count). The first-order valence-electron chi connectivity index (χ1n) is 7.45. The number of rotatable bonds is 6. The summed E-state index contributed by atoms with van der Waals surface area (Å²) >= 11 is 0. The minimum atomic E-state index is -1.06. The molecule has 0 radical (unpaired) electrons. The lowest BCUT2D eigenvalue weighted by molar-refractivity contribution is -0.626. The maximum absolute atomic E-state index is 10.8. The van der Waals surface area contributed by atoms with E-state index in [1.54, 1.807) is 0 Å². The SMILES string of the molecule is C[NH2+]CCc1nc2cc3c(cc2n1CCC(=O)[O-])OCCO3. The number of hydrogen-bond acceptors (Lipinski definition) is 5. The first kappa shape index (κ1) is 14.6. The molecule has 0 saturated heterocycles. The maximum atomic E-state index is 10.8. The smallest absolute Gasteiger partial charge is 0.163 e. The lowest BCUT2D eigenvalue weighted by Gasteiger charge is -2.18. The van der Waals surface area contributed by atoms with Crippen molar-refractivity contribution >= 4 is 17.0 Å². The van der Waals surface area contributed by atoms with E-state index in [1.165, 1.54) is 0 Å². The Labute approximate surface area is 127 Å². The third-order valence-corrected chi connectivity index (χ3v) is 3.69. The molecule has 2 heterocycles. The Kier molecular flexibility index (Phi) is 4.15. The third-order valence-electron chi connectivity index (χ3n) is 3.69. The molecule has 1 aromatic carbocycles. The molecule has 0 aliphatic carbocycles. The molecular weight excluding hydrogens is 286 g/mol. The lowest BCUT2D eigenvalue weighted by atomic mass is 10.2. The summed E-state index contributed by atoms with van der Waals surface area (Å²) in [4.78, 5) is 15.4. The Balaban J connectivity index is 2.03. The minimum Gasteiger partial charge on any atom is -0.550 e. The second-order valence-electron chi connectivity index (χ2n) is 5.23.